The van der Waals surface area contributed by atoms with Gasteiger partial charge in [0.2, 0.25) is 5.91 Å². The molecule has 1 unspecified atom stereocenters. The molecule has 1 atom stereocenters. The third kappa shape index (κ3) is 4.31. The Morgan fingerprint density at radius 1 is 1.28 bits per heavy atom. The van der Waals surface area contributed by atoms with Crippen molar-refractivity contribution in [2.24, 2.45) is 0 Å². The predicted molar refractivity (Wildman–Crippen MR) is 75.8 cm³/mol. The molecule has 0 saturated heterocycles. The van der Waals surface area contributed by atoms with Crippen LogP contribution in [0.25, 0.3) is 0 Å². The van der Waals surface area contributed by atoms with Crippen LogP contribution in [-0.4, -0.2) is 30.4 Å². The number of amides is 1. The van der Waals surface area contributed by atoms with Gasteiger partial charge in [0.05, 0.1) is 6.54 Å². The molecule has 0 aliphatic carbocycles. The van der Waals surface area contributed by atoms with Gasteiger partial charge in [0.1, 0.15) is 0 Å². The molecule has 0 fully saturated rings. The summed E-state index contributed by atoms with van der Waals surface area (Å²) in [7, 11) is 0. The Kier molecular flexibility index (Phi) is 6.16. The molecule has 0 bridgehead atoms. The van der Waals surface area contributed by atoms with Crippen molar-refractivity contribution in [3.8, 4) is 0 Å². The number of nitrogens with zero attached hydrogens (tertiary/aromatic N) is 1. The van der Waals surface area contributed by atoms with Crippen molar-refractivity contribution in [1.82, 2.24) is 10.2 Å². The van der Waals surface area contributed by atoms with Crippen LogP contribution < -0.4 is 5.32 Å². The van der Waals surface area contributed by atoms with E-state index >= 15 is 0 Å². The molecule has 0 heterocycles. The van der Waals surface area contributed by atoms with Crippen LogP contribution in [-0.2, 0) is 4.79 Å². The molecule has 0 aliphatic rings. The van der Waals surface area contributed by atoms with E-state index in [2.05, 4.69) is 5.32 Å². The molecule has 0 saturated carbocycles. The molecule has 0 aliphatic heterocycles. The molecule has 3 nitrogen and oxygen atoms in total. The standard InChI is InChI=1S/C14H21ClN2O/c1-4-17(5-2)14(18)10-16-11(3)12-6-8-13(15)9-7-12/h6-9,11,16H,4-5,10H2,1-3H3. The van der Waals surface area contributed by atoms with E-state index in [0.29, 0.717) is 6.54 Å². The van der Waals surface area contributed by atoms with Gasteiger partial charge in [0.25, 0.3) is 0 Å². The van der Waals surface area contributed by atoms with Gasteiger partial charge in [-0.2, -0.15) is 0 Å². The average Bonchev–Trinajstić information content (AvgIpc) is 2.38. The maximum atomic E-state index is 11.8. The Hall–Kier alpha value is -1.06. The highest BCUT2D eigenvalue weighted by Crippen LogP contribution is 2.15. The lowest BCUT2D eigenvalue weighted by Crippen LogP contribution is -2.38. The average molecular weight is 269 g/mol. The molecule has 1 N–H and O–H groups in total. The first-order chi connectivity index (χ1) is 8.58. The summed E-state index contributed by atoms with van der Waals surface area (Å²) in [5.74, 6) is 0.140. The van der Waals surface area contributed by atoms with Gasteiger partial charge in [0, 0.05) is 24.2 Å². The van der Waals surface area contributed by atoms with Crippen LogP contribution in [0.15, 0.2) is 24.3 Å². The second kappa shape index (κ2) is 7.39. The zero-order chi connectivity index (χ0) is 13.5. The van der Waals surface area contributed by atoms with E-state index in [0.717, 1.165) is 23.7 Å². The van der Waals surface area contributed by atoms with Gasteiger partial charge in [-0.05, 0) is 38.5 Å². The van der Waals surface area contributed by atoms with Crippen LogP contribution in [0.3, 0.4) is 0 Å². The fourth-order valence-electron chi connectivity index (χ4n) is 1.80. The quantitative estimate of drug-likeness (QED) is 0.860. The van der Waals surface area contributed by atoms with Crippen LogP contribution in [0.2, 0.25) is 5.02 Å². The van der Waals surface area contributed by atoms with Gasteiger partial charge in [-0.3, -0.25) is 4.79 Å². The molecule has 1 aromatic rings. The van der Waals surface area contributed by atoms with Gasteiger partial charge >= 0.3 is 0 Å². The lowest BCUT2D eigenvalue weighted by atomic mass is 10.1. The number of nitrogens with one attached hydrogen (secondary N) is 1. The van der Waals surface area contributed by atoms with Crippen LogP contribution >= 0.6 is 11.6 Å². The Morgan fingerprint density at radius 3 is 2.33 bits per heavy atom. The topological polar surface area (TPSA) is 32.3 Å². The summed E-state index contributed by atoms with van der Waals surface area (Å²) >= 11 is 5.84. The second-order valence-electron chi connectivity index (χ2n) is 4.22. The van der Waals surface area contributed by atoms with Gasteiger partial charge in [-0.15, -0.1) is 0 Å². The Bertz CT molecular complexity index is 374. The Labute approximate surface area is 114 Å². The highest BCUT2D eigenvalue weighted by molar-refractivity contribution is 6.30. The molecular formula is C14H21ClN2O. The predicted octanol–water partition coefficient (Wildman–Crippen LogP) is 2.86. The van der Waals surface area contributed by atoms with Crippen LogP contribution in [0.4, 0.5) is 0 Å². The van der Waals surface area contributed by atoms with Crippen molar-refractivity contribution in [2.75, 3.05) is 19.6 Å². The zero-order valence-corrected chi connectivity index (χ0v) is 12.0. The summed E-state index contributed by atoms with van der Waals surface area (Å²) in [4.78, 5) is 13.7. The first kappa shape index (κ1) is 15.0. The van der Waals surface area contributed by atoms with Gasteiger partial charge in [-0.25, -0.2) is 0 Å². The fourth-order valence-corrected chi connectivity index (χ4v) is 1.92. The third-order valence-electron chi connectivity index (χ3n) is 3.05. The number of hydrogen-bond acceptors (Lipinski definition) is 2. The summed E-state index contributed by atoms with van der Waals surface area (Å²) in [6.07, 6.45) is 0. The number of benzene rings is 1. The van der Waals surface area contributed by atoms with E-state index in [9.17, 15) is 4.79 Å². The number of rotatable bonds is 6. The van der Waals surface area contributed by atoms with Crippen molar-refractivity contribution in [3.05, 3.63) is 34.9 Å². The highest BCUT2D eigenvalue weighted by atomic mass is 35.5. The van der Waals surface area contributed by atoms with E-state index < -0.39 is 0 Å². The van der Waals surface area contributed by atoms with Gasteiger partial charge in [0.15, 0.2) is 0 Å². The molecule has 0 radical (unpaired) electrons. The SMILES string of the molecule is CCN(CC)C(=O)CNC(C)c1ccc(Cl)cc1. The molecule has 18 heavy (non-hydrogen) atoms. The van der Waals surface area contributed by atoms with Crippen LogP contribution in [0.1, 0.15) is 32.4 Å². The normalized spacial score (nSPS) is 12.2. The molecule has 0 spiro atoms. The molecule has 100 valence electrons. The zero-order valence-electron chi connectivity index (χ0n) is 11.2. The lowest BCUT2D eigenvalue weighted by Gasteiger charge is -2.21. The Balaban J connectivity index is 2.48. The minimum absolute atomic E-state index is 0.140. The molecular weight excluding hydrogens is 248 g/mol. The molecule has 1 rings (SSSR count). The summed E-state index contributed by atoms with van der Waals surface area (Å²) < 4.78 is 0. The number of carbonyl (C=O) groups excluding carboxylic acids is 1. The van der Waals surface area contributed by atoms with E-state index in [1.807, 2.05) is 49.9 Å². The Morgan fingerprint density at radius 2 is 1.83 bits per heavy atom. The summed E-state index contributed by atoms with van der Waals surface area (Å²) in [6, 6.07) is 7.81. The summed E-state index contributed by atoms with van der Waals surface area (Å²) in [5, 5.41) is 3.96. The number of carbonyl (C=O) groups is 1. The fraction of sp³-hybridized carbons (Fsp3) is 0.500. The first-order valence-corrected chi connectivity index (χ1v) is 6.72. The lowest BCUT2D eigenvalue weighted by molar-refractivity contribution is -0.129. The van der Waals surface area contributed by atoms with Crippen molar-refractivity contribution in [3.63, 3.8) is 0 Å². The second-order valence-corrected chi connectivity index (χ2v) is 4.66. The molecule has 1 aromatic carbocycles. The minimum atomic E-state index is 0.140. The van der Waals surface area contributed by atoms with Crippen molar-refractivity contribution in [1.29, 1.82) is 0 Å². The number of likely N-dealkylation sites (N-methyl/N-ethyl adjacent to an activating group) is 1. The van der Waals surface area contributed by atoms with E-state index in [1.54, 1.807) is 0 Å². The van der Waals surface area contributed by atoms with E-state index in [-0.39, 0.29) is 11.9 Å². The maximum Gasteiger partial charge on any atom is 0.236 e. The van der Waals surface area contributed by atoms with Crippen molar-refractivity contribution < 1.29 is 4.79 Å². The van der Waals surface area contributed by atoms with E-state index in [1.165, 1.54) is 0 Å². The molecule has 4 heteroatoms. The molecule has 1 amide bonds. The maximum absolute atomic E-state index is 11.8. The van der Waals surface area contributed by atoms with Crippen molar-refractivity contribution >= 4 is 17.5 Å². The highest BCUT2D eigenvalue weighted by Gasteiger charge is 2.11. The van der Waals surface area contributed by atoms with Crippen LogP contribution in [0.5, 0.6) is 0 Å². The smallest absolute Gasteiger partial charge is 0.236 e. The van der Waals surface area contributed by atoms with Gasteiger partial charge in [-0.1, -0.05) is 23.7 Å². The van der Waals surface area contributed by atoms with Gasteiger partial charge < -0.3 is 10.2 Å². The van der Waals surface area contributed by atoms with Crippen molar-refractivity contribution in [2.45, 2.75) is 26.8 Å². The minimum Gasteiger partial charge on any atom is -0.342 e. The van der Waals surface area contributed by atoms with Crippen LogP contribution in [0, 0.1) is 0 Å². The molecule has 0 aromatic heterocycles. The first-order valence-electron chi connectivity index (χ1n) is 6.35. The number of hydrogen-bond donors (Lipinski definition) is 1. The third-order valence-corrected chi connectivity index (χ3v) is 3.30. The summed E-state index contributed by atoms with van der Waals surface area (Å²) in [6.45, 7) is 7.90. The monoisotopic (exact) mass is 268 g/mol. The summed E-state index contributed by atoms with van der Waals surface area (Å²) in [5.41, 5.74) is 1.13. The van der Waals surface area contributed by atoms with E-state index in [4.69, 9.17) is 11.6 Å². The number of halogens is 1. The largest absolute Gasteiger partial charge is 0.342 e.